The first-order chi connectivity index (χ1) is 6.47. The van der Waals surface area contributed by atoms with Crippen molar-refractivity contribution in [3.63, 3.8) is 0 Å². The maximum Gasteiger partial charge on any atom is 0.155 e. The van der Waals surface area contributed by atoms with E-state index in [2.05, 4.69) is 30.9 Å². The van der Waals surface area contributed by atoms with Gasteiger partial charge in [0, 0.05) is 11.5 Å². The van der Waals surface area contributed by atoms with E-state index in [4.69, 9.17) is 5.73 Å². The molecule has 0 aliphatic carbocycles. The van der Waals surface area contributed by atoms with Crippen molar-refractivity contribution < 1.29 is 0 Å². The number of fused-ring (bicyclic) bond motifs is 1. The minimum absolute atomic E-state index is 0.0441. The Bertz CT molecular complexity index is 464. The Kier molecular flexibility index (Phi) is 1.74. The summed E-state index contributed by atoms with van der Waals surface area (Å²) < 4.78 is 1.72. The number of aromatic nitrogens is 3. The topological polar surface area (TPSA) is 56.2 Å². The van der Waals surface area contributed by atoms with Crippen LogP contribution in [0.2, 0.25) is 0 Å². The number of nitrogens with two attached hydrogens (primary N) is 1. The average molecular weight is 190 g/mol. The highest BCUT2D eigenvalue weighted by Gasteiger charge is 2.17. The fourth-order valence-electron chi connectivity index (χ4n) is 1.26. The zero-order valence-electron chi connectivity index (χ0n) is 8.65. The van der Waals surface area contributed by atoms with Crippen molar-refractivity contribution in [3.05, 3.63) is 24.2 Å². The molecule has 2 N–H and O–H groups in total. The summed E-state index contributed by atoms with van der Waals surface area (Å²) in [5, 5.41) is 4.42. The van der Waals surface area contributed by atoms with Gasteiger partial charge in [-0.05, 0) is 0 Å². The lowest BCUT2D eigenvalue weighted by Crippen LogP contribution is -2.11. The van der Waals surface area contributed by atoms with Crippen LogP contribution in [0.1, 0.15) is 26.5 Å². The predicted octanol–water partition coefficient (Wildman–Crippen LogP) is 1.61. The number of anilines is 1. The van der Waals surface area contributed by atoms with Crippen molar-refractivity contribution in [1.29, 1.82) is 0 Å². The maximum atomic E-state index is 5.62. The summed E-state index contributed by atoms with van der Waals surface area (Å²) in [5.41, 5.74) is 8.15. The van der Waals surface area contributed by atoms with E-state index in [-0.39, 0.29) is 5.41 Å². The Morgan fingerprint density at radius 2 is 2.07 bits per heavy atom. The van der Waals surface area contributed by atoms with Crippen LogP contribution in [0.4, 0.5) is 5.69 Å². The molecule has 4 nitrogen and oxygen atoms in total. The maximum absolute atomic E-state index is 5.62. The Morgan fingerprint density at radius 1 is 1.36 bits per heavy atom. The van der Waals surface area contributed by atoms with Gasteiger partial charge in [0.25, 0.3) is 0 Å². The molecule has 0 amide bonds. The highest BCUT2D eigenvalue weighted by atomic mass is 15.3. The van der Waals surface area contributed by atoms with E-state index in [1.807, 2.05) is 6.07 Å². The zero-order valence-corrected chi connectivity index (χ0v) is 8.65. The van der Waals surface area contributed by atoms with Gasteiger partial charge < -0.3 is 5.73 Å². The second kappa shape index (κ2) is 2.70. The normalized spacial score (nSPS) is 12.2. The lowest BCUT2D eigenvalue weighted by Gasteiger charge is -2.13. The van der Waals surface area contributed by atoms with E-state index < -0.39 is 0 Å². The molecule has 0 aliphatic heterocycles. The van der Waals surface area contributed by atoms with E-state index in [1.54, 1.807) is 16.9 Å². The summed E-state index contributed by atoms with van der Waals surface area (Å²) in [7, 11) is 0. The van der Waals surface area contributed by atoms with Gasteiger partial charge in [-0.15, -0.1) is 0 Å². The average Bonchev–Trinajstić information content (AvgIpc) is 2.45. The summed E-state index contributed by atoms with van der Waals surface area (Å²) in [4.78, 5) is 4.19. The van der Waals surface area contributed by atoms with Crippen molar-refractivity contribution in [1.82, 2.24) is 14.6 Å². The van der Waals surface area contributed by atoms with Crippen LogP contribution in [0.5, 0.6) is 0 Å². The summed E-state index contributed by atoms with van der Waals surface area (Å²) in [6.07, 6.45) is 3.42. The quantitative estimate of drug-likeness (QED) is 0.686. The molecule has 0 atom stereocenters. The molecule has 2 rings (SSSR count). The molecule has 0 spiro atoms. The van der Waals surface area contributed by atoms with Crippen molar-refractivity contribution in [2.24, 2.45) is 0 Å². The third-order valence-corrected chi connectivity index (χ3v) is 2.10. The lowest BCUT2D eigenvalue weighted by molar-refractivity contribution is 0.562. The van der Waals surface area contributed by atoms with Gasteiger partial charge in [0.05, 0.1) is 23.8 Å². The van der Waals surface area contributed by atoms with E-state index in [1.165, 1.54) is 0 Å². The Labute approximate surface area is 82.8 Å². The molecular weight excluding hydrogens is 176 g/mol. The predicted molar refractivity (Wildman–Crippen MR) is 56.1 cm³/mol. The summed E-state index contributed by atoms with van der Waals surface area (Å²) >= 11 is 0. The molecule has 0 aliphatic rings. The molecular formula is C10H14N4. The Morgan fingerprint density at radius 3 is 2.71 bits per heavy atom. The van der Waals surface area contributed by atoms with Gasteiger partial charge >= 0.3 is 0 Å². The van der Waals surface area contributed by atoms with Crippen molar-refractivity contribution >= 4 is 11.3 Å². The van der Waals surface area contributed by atoms with Crippen LogP contribution in [-0.4, -0.2) is 14.6 Å². The fourth-order valence-corrected chi connectivity index (χ4v) is 1.26. The van der Waals surface area contributed by atoms with Crippen LogP contribution >= 0.6 is 0 Å². The molecule has 0 bridgehead atoms. The van der Waals surface area contributed by atoms with Crippen molar-refractivity contribution in [2.45, 2.75) is 26.2 Å². The number of nitrogen functional groups attached to an aromatic ring is 1. The first-order valence-corrected chi connectivity index (χ1v) is 4.58. The van der Waals surface area contributed by atoms with Crippen molar-refractivity contribution in [3.8, 4) is 0 Å². The van der Waals surface area contributed by atoms with E-state index >= 15 is 0 Å². The van der Waals surface area contributed by atoms with Gasteiger partial charge in [-0.3, -0.25) is 0 Å². The highest BCUT2D eigenvalue weighted by Crippen LogP contribution is 2.21. The van der Waals surface area contributed by atoms with Crippen LogP contribution < -0.4 is 5.73 Å². The van der Waals surface area contributed by atoms with Gasteiger partial charge in [-0.1, -0.05) is 20.8 Å². The van der Waals surface area contributed by atoms with Crippen LogP contribution in [-0.2, 0) is 5.41 Å². The van der Waals surface area contributed by atoms with Crippen molar-refractivity contribution in [2.75, 3.05) is 5.73 Å². The first kappa shape index (κ1) is 8.99. The van der Waals surface area contributed by atoms with Gasteiger partial charge in [0.15, 0.2) is 5.65 Å². The molecule has 0 unspecified atom stereocenters. The Hall–Kier alpha value is -1.58. The third-order valence-electron chi connectivity index (χ3n) is 2.10. The molecule has 0 saturated carbocycles. The smallest absolute Gasteiger partial charge is 0.155 e. The van der Waals surface area contributed by atoms with Crippen LogP contribution in [0.15, 0.2) is 18.5 Å². The molecule has 0 fully saturated rings. The van der Waals surface area contributed by atoms with Gasteiger partial charge in [0.2, 0.25) is 0 Å². The number of hydrogen-bond acceptors (Lipinski definition) is 3. The summed E-state index contributed by atoms with van der Waals surface area (Å²) in [5.74, 6) is 0. The van der Waals surface area contributed by atoms with Gasteiger partial charge in [-0.2, -0.15) is 5.10 Å². The van der Waals surface area contributed by atoms with Crippen LogP contribution in [0, 0.1) is 0 Å². The molecule has 14 heavy (non-hydrogen) atoms. The molecule has 2 aromatic rings. The van der Waals surface area contributed by atoms with Gasteiger partial charge in [-0.25, -0.2) is 9.50 Å². The third kappa shape index (κ3) is 1.43. The summed E-state index contributed by atoms with van der Waals surface area (Å²) in [6.45, 7) is 6.37. The van der Waals surface area contributed by atoms with Gasteiger partial charge in [0.1, 0.15) is 0 Å². The molecule has 2 heterocycles. The second-order valence-electron chi connectivity index (χ2n) is 4.47. The van der Waals surface area contributed by atoms with E-state index in [9.17, 15) is 0 Å². The molecule has 0 aromatic carbocycles. The fraction of sp³-hybridized carbons (Fsp3) is 0.400. The largest absolute Gasteiger partial charge is 0.396 e. The lowest BCUT2D eigenvalue weighted by atomic mass is 9.93. The van der Waals surface area contributed by atoms with Crippen LogP contribution in [0.3, 0.4) is 0 Å². The molecule has 0 radical (unpaired) electrons. The molecule has 0 saturated heterocycles. The molecule has 4 heteroatoms. The van der Waals surface area contributed by atoms with E-state index in [0.717, 1.165) is 11.3 Å². The van der Waals surface area contributed by atoms with Crippen LogP contribution in [0.25, 0.3) is 5.65 Å². The highest BCUT2D eigenvalue weighted by molar-refractivity contribution is 5.45. The van der Waals surface area contributed by atoms with E-state index in [0.29, 0.717) is 5.69 Å². The second-order valence-corrected chi connectivity index (χ2v) is 4.47. The standard InChI is InChI=1S/C10H14N4/c1-10(2,3)8-4-9-12-5-7(11)6-14(9)13-8/h4-6H,11H2,1-3H3. The summed E-state index contributed by atoms with van der Waals surface area (Å²) in [6, 6.07) is 1.99. The monoisotopic (exact) mass is 190 g/mol. The Balaban J connectivity index is 2.63. The minimum Gasteiger partial charge on any atom is -0.396 e. The number of nitrogens with zero attached hydrogens (tertiary/aromatic N) is 3. The number of rotatable bonds is 0. The zero-order chi connectivity index (χ0) is 10.3. The minimum atomic E-state index is 0.0441. The molecule has 2 aromatic heterocycles. The number of hydrogen-bond donors (Lipinski definition) is 1. The molecule has 74 valence electrons. The first-order valence-electron chi connectivity index (χ1n) is 4.58. The SMILES string of the molecule is CC(C)(C)c1cc2ncc(N)cn2n1.